The molecule has 0 radical (unpaired) electrons. The standard InChI is InChI=1S/C9H19NO5/c11-2-1-5(12)3-6-8(14)9(15)7(13)4-10-6/h5-15H,1-4H2/t5-,6+,7-,8+,9-/m1/s1. The van der Waals surface area contributed by atoms with Crippen LogP contribution in [0.15, 0.2) is 0 Å². The molecule has 5 atom stereocenters. The lowest BCUT2D eigenvalue weighted by molar-refractivity contribution is -0.0999. The maximum Gasteiger partial charge on any atom is 0.108 e. The molecule has 6 nitrogen and oxygen atoms in total. The van der Waals surface area contributed by atoms with Crippen molar-refractivity contribution in [1.82, 2.24) is 5.32 Å². The Hall–Kier alpha value is -0.240. The van der Waals surface area contributed by atoms with E-state index in [9.17, 15) is 20.4 Å². The highest BCUT2D eigenvalue weighted by Crippen LogP contribution is 2.15. The minimum absolute atomic E-state index is 0.116. The van der Waals surface area contributed by atoms with Crippen molar-refractivity contribution in [3.05, 3.63) is 0 Å². The number of rotatable bonds is 4. The number of β-amino-alcohol motifs (C(OH)–C–C–N with tert-alkyl or cyclic N) is 1. The fourth-order valence-electron chi connectivity index (χ4n) is 1.76. The molecule has 0 bridgehead atoms. The van der Waals surface area contributed by atoms with Gasteiger partial charge in [0.1, 0.15) is 6.10 Å². The molecule has 1 heterocycles. The third-order valence-electron chi connectivity index (χ3n) is 2.73. The number of piperidine rings is 1. The fraction of sp³-hybridized carbons (Fsp3) is 1.00. The van der Waals surface area contributed by atoms with E-state index < -0.39 is 30.5 Å². The van der Waals surface area contributed by atoms with Gasteiger partial charge in [0, 0.05) is 19.2 Å². The van der Waals surface area contributed by atoms with Crippen LogP contribution in [0.4, 0.5) is 0 Å². The van der Waals surface area contributed by atoms with Crippen LogP contribution in [0.1, 0.15) is 12.8 Å². The third-order valence-corrected chi connectivity index (χ3v) is 2.73. The largest absolute Gasteiger partial charge is 0.396 e. The van der Waals surface area contributed by atoms with Crippen LogP contribution in [0.25, 0.3) is 0 Å². The molecule has 15 heavy (non-hydrogen) atoms. The van der Waals surface area contributed by atoms with Crippen molar-refractivity contribution in [3.8, 4) is 0 Å². The quantitative estimate of drug-likeness (QED) is 0.305. The van der Waals surface area contributed by atoms with E-state index in [1.807, 2.05) is 0 Å². The predicted octanol–water partition coefficient (Wildman–Crippen LogP) is -2.83. The summed E-state index contributed by atoms with van der Waals surface area (Å²) < 4.78 is 0. The van der Waals surface area contributed by atoms with E-state index in [1.165, 1.54) is 0 Å². The number of hydrogen-bond donors (Lipinski definition) is 6. The summed E-state index contributed by atoms with van der Waals surface area (Å²) in [6, 6.07) is -0.454. The van der Waals surface area contributed by atoms with E-state index in [0.29, 0.717) is 0 Å². The summed E-state index contributed by atoms with van der Waals surface area (Å²) in [6.07, 6.45) is -3.50. The molecule has 0 aromatic heterocycles. The van der Waals surface area contributed by atoms with Gasteiger partial charge < -0.3 is 30.8 Å². The van der Waals surface area contributed by atoms with Crippen LogP contribution < -0.4 is 5.32 Å². The third kappa shape index (κ3) is 3.37. The van der Waals surface area contributed by atoms with Crippen molar-refractivity contribution in [2.24, 2.45) is 0 Å². The Bertz CT molecular complexity index is 191. The van der Waals surface area contributed by atoms with Crippen molar-refractivity contribution in [1.29, 1.82) is 0 Å². The van der Waals surface area contributed by atoms with Gasteiger partial charge in [-0.1, -0.05) is 0 Å². The number of hydrogen-bond acceptors (Lipinski definition) is 6. The molecule has 1 saturated heterocycles. The zero-order chi connectivity index (χ0) is 11.4. The molecule has 6 N–H and O–H groups in total. The summed E-state index contributed by atoms with van der Waals surface area (Å²) >= 11 is 0. The average molecular weight is 221 g/mol. The minimum Gasteiger partial charge on any atom is -0.396 e. The van der Waals surface area contributed by atoms with E-state index in [1.54, 1.807) is 0 Å². The van der Waals surface area contributed by atoms with Crippen LogP contribution in [0.2, 0.25) is 0 Å². The van der Waals surface area contributed by atoms with Crippen LogP contribution in [-0.4, -0.2) is 69.1 Å². The molecule has 0 aliphatic carbocycles. The molecule has 1 fully saturated rings. The molecular formula is C9H19NO5. The Labute approximate surface area is 88.2 Å². The van der Waals surface area contributed by atoms with Crippen LogP contribution in [0.5, 0.6) is 0 Å². The van der Waals surface area contributed by atoms with E-state index in [4.69, 9.17) is 5.11 Å². The molecule has 0 aromatic carbocycles. The van der Waals surface area contributed by atoms with E-state index in [2.05, 4.69) is 5.32 Å². The second kappa shape index (κ2) is 5.74. The van der Waals surface area contributed by atoms with E-state index >= 15 is 0 Å². The van der Waals surface area contributed by atoms with Gasteiger partial charge in [-0.25, -0.2) is 0 Å². The fourth-order valence-corrected chi connectivity index (χ4v) is 1.76. The number of nitrogens with one attached hydrogen (secondary N) is 1. The highest BCUT2D eigenvalue weighted by atomic mass is 16.4. The smallest absolute Gasteiger partial charge is 0.108 e. The number of aliphatic hydroxyl groups excluding tert-OH is 5. The Kier molecular flexibility index (Phi) is 4.91. The topological polar surface area (TPSA) is 113 Å². The summed E-state index contributed by atoms with van der Waals surface area (Å²) in [5.41, 5.74) is 0. The molecule has 0 unspecified atom stereocenters. The first-order valence-electron chi connectivity index (χ1n) is 5.12. The lowest BCUT2D eigenvalue weighted by atomic mass is 9.92. The second-order valence-electron chi connectivity index (χ2n) is 3.97. The molecule has 6 heteroatoms. The first kappa shape index (κ1) is 12.8. The maximum absolute atomic E-state index is 9.58. The predicted molar refractivity (Wildman–Crippen MR) is 52.1 cm³/mol. The van der Waals surface area contributed by atoms with Gasteiger partial charge in [0.2, 0.25) is 0 Å². The van der Waals surface area contributed by atoms with E-state index in [-0.39, 0.29) is 26.0 Å². The van der Waals surface area contributed by atoms with Crippen LogP contribution in [-0.2, 0) is 0 Å². The van der Waals surface area contributed by atoms with Gasteiger partial charge in [0.15, 0.2) is 0 Å². The van der Waals surface area contributed by atoms with Gasteiger partial charge in [-0.15, -0.1) is 0 Å². The summed E-state index contributed by atoms with van der Waals surface area (Å²) in [5, 5.41) is 49.0. The molecule has 0 amide bonds. The zero-order valence-corrected chi connectivity index (χ0v) is 8.45. The molecule has 0 saturated carbocycles. The van der Waals surface area contributed by atoms with Gasteiger partial charge >= 0.3 is 0 Å². The van der Waals surface area contributed by atoms with Gasteiger partial charge in [-0.3, -0.25) is 0 Å². The summed E-state index contributed by atoms with van der Waals surface area (Å²) in [6.45, 7) is 0.0733. The lowest BCUT2D eigenvalue weighted by Gasteiger charge is -2.37. The van der Waals surface area contributed by atoms with Crippen LogP contribution in [0.3, 0.4) is 0 Å². The lowest BCUT2D eigenvalue weighted by Crippen LogP contribution is -2.60. The molecule has 1 rings (SSSR count). The van der Waals surface area contributed by atoms with Gasteiger partial charge in [0.25, 0.3) is 0 Å². The Morgan fingerprint density at radius 3 is 2.47 bits per heavy atom. The highest BCUT2D eigenvalue weighted by Gasteiger charge is 2.36. The maximum atomic E-state index is 9.58. The average Bonchev–Trinajstić information content (AvgIpc) is 2.20. The Morgan fingerprint density at radius 2 is 1.87 bits per heavy atom. The summed E-state index contributed by atoms with van der Waals surface area (Å²) in [5.74, 6) is 0. The second-order valence-corrected chi connectivity index (χ2v) is 3.97. The van der Waals surface area contributed by atoms with Crippen molar-refractivity contribution < 1.29 is 25.5 Å². The Morgan fingerprint density at radius 1 is 1.20 bits per heavy atom. The summed E-state index contributed by atoms with van der Waals surface area (Å²) in [4.78, 5) is 0. The molecular weight excluding hydrogens is 202 g/mol. The summed E-state index contributed by atoms with van der Waals surface area (Å²) in [7, 11) is 0. The van der Waals surface area contributed by atoms with Gasteiger partial charge in [0.05, 0.1) is 18.3 Å². The molecule has 1 aliphatic heterocycles. The first-order valence-corrected chi connectivity index (χ1v) is 5.12. The van der Waals surface area contributed by atoms with Crippen molar-refractivity contribution in [2.75, 3.05) is 13.2 Å². The van der Waals surface area contributed by atoms with Crippen molar-refractivity contribution >= 4 is 0 Å². The minimum atomic E-state index is -1.18. The first-order chi connectivity index (χ1) is 7.06. The van der Waals surface area contributed by atoms with Gasteiger partial charge in [-0.05, 0) is 12.8 Å². The van der Waals surface area contributed by atoms with E-state index in [0.717, 1.165) is 0 Å². The van der Waals surface area contributed by atoms with Crippen molar-refractivity contribution in [3.63, 3.8) is 0 Å². The Balaban J connectivity index is 2.42. The monoisotopic (exact) mass is 221 g/mol. The molecule has 0 spiro atoms. The van der Waals surface area contributed by atoms with Crippen LogP contribution >= 0.6 is 0 Å². The van der Waals surface area contributed by atoms with Crippen molar-refractivity contribution in [2.45, 2.75) is 43.3 Å². The van der Waals surface area contributed by atoms with Crippen LogP contribution in [0, 0.1) is 0 Å². The molecule has 90 valence electrons. The molecule has 0 aromatic rings. The van der Waals surface area contributed by atoms with Gasteiger partial charge in [-0.2, -0.15) is 0 Å². The zero-order valence-electron chi connectivity index (χ0n) is 8.45. The number of aliphatic hydroxyl groups is 5. The molecule has 1 aliphatic rings. The highest BCUT2D eigenvalue weighted by molar-refractivity contribution is 4.92. The SMILES string of the molecule is OCC[C@@H](O)C[C@@H]1NC[C@@H](O)[C@@H](O)[C@H]1O. The normalized spacial score (nSPS) is 39.0.